The molecule has 4 rings (SSSR count). The van der Waals surface area contributed by atoms with Crippen LogP contribution >= 0.6 is 11.8 Å². The van der Waals surface area contributed by atoms with E-state index >= 15 is 0 Å². The topological polar surface area (TPSA) is 99.0 Å². The lowest BCUT2D eigenvalue weighted by molar-refractivity contribution is -0.384. The van der Waals surface area contributed by atoms with Gasteiger partial charge < -0.3 is 9.47 Å². The van der Waals surface area contributed by atoms with Crippen LogP contribution in [0.25, 0.3) is 6.08 Å². The lowest BCUT2D eigenvalue weighted by Gasteiger charge is -2.13. The molecule has 1 saturated heterocycles. The smallest absolute Gasteiger partial charge is 0.293 e. The van der Waals surface area contributed by atoms with Gasteiger partial charge in [-0.25, -0.2) is 0 Å². The fourth-order valence-corrected chi connectivity index (χ4v) is 4.50. The number of nitrogens with zero attached hydrogens (tertiary/aromatic N) is 2. The van der Waals surface area contributed by atoms with Gasteiger partial charge in [0.1, 0.15) is 6.61 Å². The zero-order valence-electron chi connectivity index (χ0n) is 19.8. The molecule has 0 N–H and O–H groups in total. The van der Waals surface area contributed by atoms with Gasteiger partial charge in [-0.1, -0.05) is 48.0 Å². The van der Waals surface area contributed by atoms with Gasteiger partial charge in [-0.3, -0.25) is 24.6 Å². The minimum atomic E-state index is -0.498. The van der Waals surface area contributed by atoms with Gasteiger partial charge in [0.2, 0.25) is 0 Å². The van der Waals surface area contributed by atoms with Crippen molar-refractivity contribution in [1.29, 1.82) is 0 Å². The van der Waals surface area contributed by atoms with E-state index in [9.17, 15) is 19.7 Å². The Morgan fingerprint density at radius 3 is 2.44 bits per heavy atom. The van der Waals surface area contributed by atoms with Gasteiger partial charge in [0.05, 0.1) is 23.0 Å². The van der Waals surface area contributed by atoms with E-state index in [2.05, 4.69) is 6.07 Å². The number of thioether (sulfide) groups is 1. The van der Waals surface area contributed by atoms with E-state index < -0.39 is 16.1 Å². The maximum Gasteiger partial charge on any atom is 0.293 e. The number of nitro groups is 1. The van der Waals surface area contributed by atoms with Gasteiger partial charge >= 0.3 is 0 Å². The first kappa shape index (κ1) is 25.0. The monoisotopic (exact) mass is 504 g/mol. The third kappa shape index (κ3) is 5.92. The van der Waals surface area contributed by atoms with Crippen molar-refractivity contribution in [3.05, 3.63) is 104 Å². The third-order valence-electron chi connectivity index (χ3n) is 5.40. The van der Waals surface area contributed by atoms with Crippen molar-refractivity contribution in [3.63, 3.8) is 0 Å². The molecular formula is C27H24N2O6S. The van der Waals surface area contributed by atoms with Crippen molar-refractivity contribution in [1.82, 2.24) is 4.90 Å². The highest BCUT2D eigenvalue weighted by molar-refractivity contribution is 8.18. The molecule has 3 aromatic rings. The molecule has 1 heterocycles. The molecule has 0 unspecified atom stereocenters. The molecule has 2 amide bonds. The highest BCUT2D eigenvalue weighted by atomic mass is 32.2. The first-order valence-corrected chi connectivity index (χ1v) is 12.1. The molecule has 1 aliphatic heterocycles. The Kier molecular flexibility index (Phi) is 7.70. The number of hydrogen-bond donors (Lipinski definition) is 0. The fraction of sp³-hybridized carbons (Fsp3) is 0.185. The minimum absolute atomic E-state index is 0.0376. The van der Waals surface area contributed by atoms with Crippen LogP contribution in [0.15, 0.2) is 71.6 Å². The van der Waals surface area contributed by atoms with Crippen LogP contribution in [0.5, 0.6) is 11.5 Å². The first-order valence-electron chi connectivity index (χ1n) is 11.3. The number of nitro benzene ring substituents is 1. The number of imide groups is 1. The highest BCUT2D eigenvalue weighted by Crippen LogP contribution is 2.35. The first-order chi connectivity index (χ1) is 17.3. The Morgan fingerprint density at radius 2 is 1.75 bits per heavy atom. The molecule has 1 aliphatic rings. The molecule has 0 spiro atoms. The lowest BCUT2D eigenvalue weighted by atomic mass is 10.1. The van der Waals surface area contributed by atoms with E-state index in [1.165, 1.54) is 24.3 Å². The summed E-state index contributed by atoms with van der Waals surface area (Å²) in [7, 11) is 0. The van der Waals surface area contributed by atoms with Gasteiger partial charge in [0, 0.05) is 12.1 Å². The molecule has 0 radical (unpaired) electrons. The van der Waals surface area contributed by atoms with Crippen LogP contribution < -0.4 is 9.47 Å². The second-order valence-electron chi connectivity index (χ2n) is 8.11. The molecule has 0 bridgehead atoms. The van der Waals surface area contributed by atoms with Crippen LogP contribution in [-0.2, 0) is 17.9 Å². The van der Waals surface area contributed by atoms with E-state index in [1.54, 1.807) is 24.3 Å². The molecule has 36 heavy (non-hydrogen) atoms. The van der Waals surface area contributed by atoms with Crippen molar-refractivity contribution < 1.29 is 24.0 Å². The average molecular weight is 505 g/mol. The molecule has 1 fully saturated rings. The molecule has 3 aromatic carbocycles. The summed E-state index contributed by atoms with van der Waals surface area (Å²) in [5.74, 6) is 0.715. The average Bonchev–Trinajstić information content (AvgIpc) is 3.11. The summed E-state index contributed by atoms with van der Waals surface area (Å²) in [6, 6.07) is 19.2. The molecule has 0 saturated carbocycles. The summed E-state index contributed by atoms with van der Waals surface area (Å²) >= 11 is 0.854. The second kappa shape index (κ2) is 11.1. The molecule has 0 atom stereocenters. The Morgan fingerprint density at radius 1 is 0.972 bits per heavy atom. The number of carbonyl (C=O) groups excluding carboxylic acids is 2. The second-order valence-corrected chi connectivity index (χ2v) is 9.10. The predicted molar refractivity (Wildman–Crippen MR) is 138 cm³/mol. The van der Waals surface area contributed by atoms with E-state index in [0.29, 0.717) is 35.8 Å². The van der Waals surface area contributed by atoms with Gasteiger partial charge in [0.15, 0.2) is 11.5 Å². The summed E-state index contributed by atoms with van der Waals surface area (Å²) in [5.41, 5.74) is 3.46. The lowest BCUT2D eigenvalue weighted by Crippen LogP contribution is -2.27. The summed E-state index contributed by atoms with van der Waals surface area (Å²) in [6.07, 6.45) is 1.65. The Balaban J connectivity index is 1.49. The third-order valence-corrected chi connectivity index (χ3v) is 6.31. The SMILES string of the molecule is CCOc1cc(/C=C2/SC(=O)N(Cc3ccc([N+](=O)[O-])cc3)C2=O)ccc1OCc1cccc(C)c1. The highest BCUT2D eigenvalue weighted by Gasteiger charge is 2.35. The summed E-state index contributed by atoms with van der Waals surface area (Å²) in [4.78, 5) is 37.2. The van der Waals surface area contributed by atoms with Crippen LogP contribution in [0.3, 0.4) is 0 Å². The standard InChI is InChI=1S/C27H24N2O6S/c1-3-34-24-14-20(9-12-23(24)35-17-21-6-4-5-18(2)13-21)15-25-26(30)28(27(31)36-25)16-19-7-10-22(11-8-19)29(32)33/h4-15H,3,16-17H2,1-2H3/b25-15+. The van der Waals surface area contributed by atoms with Crippen LogP contribution in [0, 0.1) is 17.0 Å². The van der Waals surface area contributed by atoms with Crippen LogP contribution in [-0.4, -0.2) is 27.6 Å². The predicted octanol–water partition coefficient (Wildman–Crippen LogP) is 6.12. The van der Waals surface area contributed by atoms with Crippen molar-refractivity contribution in [2.24, 2.45) is 0 Å². The maximum absolute atomic E-state index is 12.9. The van der Waals surface area contributed by atoms with Gasteiger partial charge in [-0.2, -0.15) is 0 Å². The van der Waals surface area contributed by atoms with Gasteiger partial charge in [0.25, 0.3) is 16.8 Å². The van der Waals surface area contributed by atoms with Crippen LogP contribution in [0.2, 0.25) is 0 Å². The Bertz CT molecular complexity index is 1340. The van der Waals surface area contributed by atoms with Gasteiger partial charge in [-0.15, -0.1) is 0 Å². The normalized spacial score (nSPS) is 14.4. The number of rotatable bonds is 9. The van der Waals surface area contributed by atoms with E-state index in [-0.39, 0.29) is 17.1 Å². The summed E-state index contributed by atoms with van der Waals surface area (Å²) < 4.78 is 11.7. The number of benzene rings is 3. The number of ether oxygens (including phenoxy) is 2. The Labute approximate surface area is 212 Å². The van der Waals surface area contributed by atoms with Crippen molar-refractivity contribution in [3.8, 4) is 11.5 Å². The van der Waals surface area contributed by atoms with Crippen LogP contribution in [0.4, 0.5) is 10.5 Å². The fourth-order valence-electron chi connectivity index (χ4n) is 3.66. The Hall–Kier alpha value is -4.11. The largest absolute Gasteiger partial charge is 0.490 e. The quantitative estimate of drug-likeness (QED) is 0.197. The van der Waals surface area contributed by atoms with Crippen LogP contribution in [0.1, 0.15) is 29.2 Å². The van der Waals surface area contributed by atoms with Crippen molar-refractivity contribution >= 4 is 34.7 Å². The van der Waals surface area contributed by atoms with Crippen molar-refractivity contribution in [2.45, 2.75) is 27.0 Å². The number of aryl methyl sites for hydroxylation is 1. The number of amides is 2. The molecule has 8 nitrogen and oxygen atoms in total. The number of non-ortho nitro benzene ring substituents is 1. The van der Waals surface area contributed by atoms with Gasteiger partial charge in [-0.05, 0) is 60.5 Å². The zero-order chi connectivity index (χ0) is 25.7. The molecule has 0 aliphatic carbocycles. The molecule has 0 aromatic heterocycles. The van der Waals surface area contributed by atoms with E-state index in [0.717, 1.165) is 27.8 Å². The summed E-state index contributed by atoms with van der Waals surface area (Å²) in [6.45, 7) is 4.77. The van der Waals surface area contributed by atoms with Crippen molar-refractivity contribution in [2.75, 3.05) is 6.61 Å². The minimum Gasteiger partial charge on any atom is -0.490 e. The molecular weight excluding hydrogens is 480 g/mol. The zero-order valence-corrected chi connectivity index (χ0v) is 20.6. The maximum atomic E-state index is 12.9. The van der Waals surface area contributed by atoms with E-state index in [1.807, 2.05) is 32.0 Å². The number of hydrogen-bond acceptors (Lipinski definition) is 7. The summed E-state index contributed by atoms with van der Waals surface area (Å²) in [5, 5.41) is 10.4. The number of carbonyl (C=O) groups is 2. The van der Waals surface area contributed by atoms with E-state index in [4.69, 9.17) is 9.47 Å². The molecule has 184 valence electrons. The molecule has 9 heteroatoms.